The Morgan fingerprint density at radius 3 is 1.84 bits per heavy atom. The van der Waals surface area contributed by atoms with Gasteiger partial charge in [0.15, 0.2) is 11.3 Å². The highest BCUT2D eigenvalue weighted by Crippen LogP contribution is 2.40. The van der Waals surface area contributed by atoms with Crippen LogP contribution in [-0.4, -0.2) is 28.7 Å². The van der Waals surface area contributed by atoms with Crippen molar-refractivity contribution in [2.24, 2.45) is 4.99 Å². The number of nitrogens with one attached hydrogen (secondary N) is 1. The standard InChI is InChI=1S/C46H47N3O7/c1-25-17-27(3)42(37(19-25)54-29(5)50)45(7,8)23-40(52)47-31-15-16-34-36(21-31)56-39-22-35(32-13-11-12-14-33(32)44(39)49-34)48-41(53)24-46(9,10)43-28(4)18-26(2)20-38(43)55-30(6)51/h11-22H,23-24H2,1-10H3,(H,47,52). The van der Waals surface area contributed by atoms with E-state index in [1.54, 1.807) is 24.3 Å². The molecule has 1 N–H and O–H groups in total. The number of ether oxygens (including phenoxy) is 2. The van der Waals surface area contributed by atoms with Gasteiger partial charge >= 0.3 is 11.9 Å². The highest BCUT2D eigenvalue weighted by atomic mass is 16.5. The van der Waals surface area contributed by atoms with Crippen LogP contribution < -0.4 is 20.1 Å². The highest BCUT2D eigenvalue weighted by Gasteiger charge is 2.32. The van der Waals surface area contributed by atoms with Crippen LogP contribution in [0.25, 0.3) is 33.3 Å². The van der Waals surface area contributed by atoms with Crippen LogP contribution in [0.3, 0.4) is 0 Å². The van der Waals surface area contributed by atoms with Crippen molar-refractivity contribution < 1.29 is 33.1 Å². The van der Waals surface area contributed by atoms with Gasteiger partial charge in [0.25, 0.3) is 0 Å². The SMILES string of the molecule is CC(=O)Oc1cc(C)cc(C)c1C(C)(C)CC(=O)N=c1cc2oc3cc(NC(=O)CC(C)(C)c4c(C)cc(C)cc4OC(C)=O)ccc3nc-2c2ccccc12. The predicted octanol–water partition coefficient (Wildman–Crippen LogP) is 9.27. The van der Waals surface area contributed by atoms with Gasteiger partial charge in [-0.05, 0) is 74.2 Å². The Balaban J connectivity index is 1.32. The summed E-state index contributed by atoms with van der Waals surface area (Å²) in [4.78, 5) is 60.7. The maximum absolute atomic E-state index is 13.8. The van der Waals surface area contributed by atoms with E-state index >= 15 is 0 Å². The minimum Gasteiger partial charge on any atom is -0.453 e. The van der Waals surface area contributed by atoms with Crippen molar-refractivity contribution in [3.8, 4) is 23.0 Å². The van der Waals surface area contributed by atoms with Gasteiger partial charge in [-0.25, -0.2) is 9.98 Å². The van der Waals surface area contributed by atoms with Crippen LogP contribution in [0.4, 0.5) is 5.69 Å². The zero-order valence-corrected chi connectivity index (χ0v) is 33.6. The number of hydrogen-bond donors (Lipinski definition) is 1. The average molecular weight is 754 g/mol. The summed E-state index contributed by atoms with van der Waals surface area (Å²) in [5.41, 5.74) is 6.10. The lowest BCUT2D eigenvalue weighted by atomic mass is 9.78. The van der Waals surface area contributed by atoms with Crippen molar-refractivity contribution in [3.05, 3.63) is 112 Å². The molecule has 4 aromatic carbocycles. The van der Waals surface area contributed by atoms with E-state index < -0.39 is 22.8 Å². The molecule has 0 saturated carbocycles. The predicted molar refractivity (Wildman–Crippen MR) is 217 cm³/mol. The van der Waals surface area contributed by atoms with Crippen molar-refractivity contribution >= 4 is 51.3 Å². The van der Waals surface area contributed by atoms with Crippen LogP contribution >= 0.6 is 0 Å². The molecule has 288 valence electrons. The number of hydrogen-bond acceptors (Lipinski definition) is 8. The summed E-state index contributed by atoms with van der Waals surface area (Å²) in [5, 5.41) is 4.95. The molecule has 0 radical (unpaired) electrons. The first-order chi connectivity index (χ1) is 26.3. The quantitative estimate of drug-likeness (QED) is 0.0668. The summed E-state index contributed by atoms with van der Waals surface area (Å²) >= 11 is 0. The number of rotatable bonds is 9. The van der Waals surface area contributed by atoms with E-state index in [0.29, 0.717) is 45.1 Å². The molecule has 1 aliphatic heterocycles. The number of aromatic nitrogens is 1. The van der Waals surface area contributed by atoms with Crippen molar-refractivity contribution in [1.29, 1.82) is 0 Å². The number of amides is 2. The van der Waals surface area contributed by atoms with Crippen LogP contribution in [0.1, 0.15) is 87.8 Å². The first kappa shape index (κ1) is 39.5. The molecular formula is C46H47N3O7. The highest BCUT2D eigenvalue weighted by molar-refractivity contribution is 5.98. The molecule has 1 heterocycles. The van der Waals surface area contributed by atoms with Crippen molar-refractivity contribution in [1.82, 2.24) is 4.98 Å². The molecule has 56 heavy (non-hydrogen) atoms. The molecule has 0 aromatic heterocycles. The average Bonchev–Trinajstić information content (AvgIpc) is 3.05. The number of carbonyl (C=O) groups excluding carboxylic acids is 4. The van der Waals surface area contributed by atoms with Gasteiger partial charge in [-0.1, -0.05) is 64.1 Å². The topological polar surface area (TPSA) is 137 Å². The minimum atomic E-state index is -0.711. The van der Waals surface area contributed by atoms with Gasteiger partial charge in [0, 0.05) is 77.2 Å². The molecule has 4 aromatic rings. The third kappa shape index (κ3) is 8.39. The Morgan fingerprint density at radius 2 is 1.27 bits per heavy atom. The number of aryl methyl sites for hydroxylation is 4. The van der Waals surface area contributed by atoms with E-state index in [2.05, 4.69) is 10.3 Å². The molecular weight excluding hydrogens is 707 g/mol. The fraction of sp³-hybridized carbons (Fsp3) is 0.304. The minimum absolute atomic E-state index is 0.0546. The van der Waals surface area contributed by atoms with E-state index in [1.807, 2.05) is 104 Å². The number of nitrogens with zero attached hydrogens (tertiary/aromatic N) is 2. The van der Waals surface area contributed by atoms with Gasteiger partial charge in [-0.2, -0.15) is 0 Å². The summed E-state index contributed by atoms with van der Waals surface area (Å²) in [6.45, 7) is 18.3. The van der Waals surface area contributed by atoms with Crippen molar-refractivity contribution in [2.75, 3.05) is 5.32 Å². The number of fused-ring (bicyclic) bond motifs is 4. The second-order valence-corrected chi connectivity index (χ2v) is 16.0. The zero-order chi connectivity index (χ0) is 40.7. The fourth-order valence-electron chi connectivity index (χ4n) is 8.00. The molecule has 10 nitrogen and oxygen atoms in total. The maximum atomic E-state index is 13.8. The van der Waals surface area contributed by atoms with Gasteiger partial charge in [0.1, 0.15) is 22.7 Å². The van der Waals surface area contributed by atoms with Crippen molar-refractivity contribution in [3.63, 3.8) is 0 Å². The largest absolute Gasteiger partial charge is 0.453 e. The Labute approximate surface area is 326 Å². The molecule has 2 amide bonds. The van der Waals surface area contributed by atoms with Crippen LogP contribution in [0.5, 0.6) is 11.5 Å². The molecule has 6 rings (SSSR count). The molecule has 0 unspecified atom stereocenters. The van der Waals surface area contributed by atoms with E-state index in [4.69, 9.17) is 18.9 Å². The third-order valence-electron chi connectivity index (χ3n) is 9.84. The lowest BCUT2D eigenvalue weighted by Crippen LogP contribution is -2.27. The monoisotopic (exact) mass is 753 g/mol. The number of esters is 2. The van der Waals surface area contributed by atoms with Crippen molar-refractivity contribution in [2.45, 2.75) is 92.9 Å². The van der Waals surface area contributed by atoms with Gasteiger partial charge in [-0.3, -0.25) is 19.2 Å². The summed E-state index contributed by atoms with van der Waals surface area (Å²) in [6, 6.07) is 22.2. The smallest absolute Gasteiger partial charge is 0.308 e. The van der Waals surface area contributed by atoms with E-state index in [1.165, 1.54) is 13.8 Å². The Kier molecular flexibility index (Phi) is 10.7. The van der Waals surface area contributed by atoms with Crippen LogP contribution in [0.2, 0.25) is 0 Å². The fourth-order valence-corrected chi connectivity index (χ4v) is 8.00. The van der Waals surface area contributed by atoms with Crippen LogP contribution in [0, 0.1) is 27.7 Å². The second kappa shape index (κ2) is 15.2. The lowest BCUT2D eigenvalue weighted by molar-refractivity contribution is -0.133. The molecule has 0 bridgehead atoms. The number of carbonyl (C=O) groups is 4. The Hall–Kier alpha value is -6.16. The van der Waals surface area contributed by atoms with Crippen LogP contribution in [-0.2, 0) is 30.0 Å². The summed E-state index contributed by atoms with van der Waals surface area (Å²) < 4.78 is 17.6. The zero-order valence-electron chi connectivity index (χ0n) is 33.6. The molecule has 10 heteroatoms. The van der Waals surface area contributed by atoms with Gasteiger partial charge in [0.05, 0.1) is 5.36 Å². The van der Waals surface area contributed by atoms with E-state index in [-0.39, 0.29) is 24.7 Å². The van der Waals surface area contributed by atoms with E-state index in [0.717, 1.165) is 44.2 Å². The molecule has 0 spiro atoms. The Morgan fingerprint density at radius 1 is 0.714 bits per heavy atom. The van der Waals surface area contributed by atoms with E-state index in [9.17, 15) is 19.2 Å². The summed E-state index contributed by atoms with van der Waals surface area (Å²) in [5.74, 6) is -0.124. The Bertz CT molecular complexity index is 2610. The summed E-state index contributed by atoms with van der Waals surface area (Å²) in [6.07, 6.45) is 0.172. The van der Waals surface area contributed by atoms with Gasteiger partial charge in [-0.15, -0.1) is 0 Å². The molecule has 0 fully saturated rings. The summed E-state index contributed by atoms with van der Waals surface area (Å²) in [7, 11) is 0. The second-order valence-electron chi connectivity index (χ2n) is 16.0. The normalized spacial score (nSPS) is 12.3. The maximum Gasteiger partial charge on any atom is 0.308 e. The molecule has 0 saturated heterocycles. The third-order valence-corrected chi connectivity index (χ3v) is 9.84. The van der Waals surface area contributed by atoms with Crippen LogP contribution in [0.15, 0.2) is 82.2 Å². The molecule has 1 aliphatic carbocycles. The first-order valence-corrected chi connectivity index (χ1v) is 18.6. The lowest BCUT2D eigenvalue weighted by Gasteiger charge is -2.29. The molecule has 0 atom stereocenters. The molecule has 2 aliphatic rings. The first-order valence-electron chi connectivity index (χ1n) is 18.6. The number of anilines is 1. The van der Waals surface area contributed by atoms with Gasteiger partial charge in [0.2, 0.25) is 11.8 Å². The number of benzene rings is 5. The van der Waals surface area contributed by atoms with Gasteiger partial charge < -0.3 is 19.2 Å².